The molecule has 7 aromatic carbocycles. The van der Waals surface area contributed by atoms with Crippen LogP contribution in [-0.2, 0) is 6.42 Å². The molecule has 288 valence electrons. The second-order valence-corrected chi connectivity index (χ2v) is 17.5. The van der Waals surface area contributed by atoms with E-state index in [-0.39, 0.29) is 19.2 Å². The van der Waals surface area contributed by atoms with Crippen LogP contribution in [0.4, 0.5) is 17.1 Å². The quantitative estimate of drug-likeness (QED) is 0.155. The van der Waals surface area contributed by atoms with Gasteiger partial charge in [0.05, 0.1) is 22.3 Å². The highest BCUT2D eigenvalue weighted by molar-refractivity contribution is 6.70. The third kappa shape index (κ3) is 4.51. The normalized spacial score (nSPS) is 18.4. The van der Waals surface area contributed by atoms with Crippen molar-refractivity contribution in [2.24, 2.45) is 0 Å². The van der Waals surface area contributed by atoms with E-state index in [0.29, 0.717) is 5.92 Å². The van der Waals surface area contributed by atoms with Crippen molar-refractivity contribution in [3.63, 3.8) is 0 Å². The number of para-hydroxylation sites is 3. The van der Waals surface area contributed by atoms with Crippen LogP contribution in [0.15, 0.2) is 164 Å². The zero-order valence-electron chi connectivity index (χ0n) is 34.3. The van der Waals surface area contributed by atoms with Gasteiger partial charge in [0, 0.05) is 39.9 Å². The summed E-state index contributed by atoms with van der Waals surface area (Å²) in [4.78, 5) is 5.26. The number of imidazole rings is 1. The Labute approximate surface area is 350 Å². The summed E-state index contributed by atoms with van der Waals surface area (Å²) in [5.41, 5.74) is 14.8. The molecule has 6 heterocycles. The second kappa shape index (κ2) is 12.6. The maximum atomic E-state index is 2.75. The van der Waals surface area contributed by atoms with E-state index >= 15 is 0 Å². The molecule has 0 saturated carbocycles. The van der Waals surface area contributed by atoms with Gasteiger partial charge in [-0.25, -0.2) is 4.57 Å². The lowest BCUT2D eigenvalue weighted by Crippen LogP contribution is -2.71. The fraction of sp³-hybridized carbons (Fsp3) is 0.167. The number of hydrogen-bond donors (Lipinski definition) is 0. The van der Waals surface area contributed by atoms with Gasteiger partial charge in [-0.15, -0.1) is 0 Å². The lowest BCUT2D eigenvalue weighted by Gasteiger charge is -2.39. The minimum Gasteiger partial charge on any atom is -0.372 e. The topological polar surface area (TPSA) is 20.2 Å². The lowest BCUT2D eigenvalue weighted by atomic mass is 9.60. The number of aromatic nitrogens is 3. The fourth-order valence-corrected chi connectivity index (χ4v) is 12.2. The van der Waals surface area contributed by atoms with E-state index in [0.717, 1.165) is 19.3 Å². The molecular formula is C54H45BN5+. The van der Waals surface area contributed by atoms with Crippen LogP contribution >= 0.6 is 0 Å². The van der Waals surface area contributed by atoms with Crippen LogP contribution in [0.3, 0.4) is 0 Å². The summed E-state index contributed by atoms with van der Waals surface area (Å²) in [6.07, 6.45) is 7.82. The summed E-state index contributed by atoms with van der Waals surface area (Å²) in [6, 6.07) is 57.7. The van der Waals surface area contributed by atoms with Crippen LogP contribution in [0.25, 0.3) is 54.7 Å². The molecule has 5 nitrogen and oxygen atoms in total. The van der Waals surface area contributed by atoms with E-state index in [4.69, 9.17) is 0 Å². The van der Waals surface area contributed by atoms with Crippen molar-refractivity contribution in [3.8, 4) is 11.4 Å². The molecule has 0 fully saturated rings. The Kier molecular flexibility index (Phi) is 7.17. The highest BCUT2D eigenvalue weighted by atomic mass is 15.4. The molecule has 2 aromatic heterocycles. The Morgan fingerprint density at radius 2 is 1.20 bits per heavy atom. The monoisotopic (exact) mass is 774 g/mol. The molecule has 60 heavy (non-hydrogen) atoms. The highest BCUT2D eigenvalue weighted by Gasteiger charge is 2.52. The molecule has 0 bridgehead atoms. The van der Waals surface area contributed by atoms with Crippen LogP contribution in [-0.4, -0.2) is 23.2 Å². The Balaban J connectivity index is 1.14. The SMILES string of the molecule is Cc1cccc(C)c1B1N(C)c2cccc3c2-c2n(cc[n+]21)C1CC2N(c4ccccc4CCC31)c1cccc3c4ccccc4c4ccccc4c4ccccc4n2c13. The van der Waals surface area contributed by atoms with Crippen molar-refractivity contribution in [2.45, 2.75) is 51.2 Å². The lowest BCUT2D eigenvalue weighted by molar-refractivity contribution is -0.524. The van der Waals surface area contributed by atoms with Gasteiger partial charge < -0.3 is 14.3 Å². The Bertz CT molecular complexity index is 3340. The van der Waals surface area contributed by atoms with Gasteiger partial charge in [-0.05, 0) is 102 Å². The maximum Gasteiger partial charge on any atom is 0.537 e. The molecule has 9 aromatic rings. The zero-order chi connectivity index (χ0) is 39.8. The molecule has 4 aliphatic heterocycles. The van der Waals surface area contributed by atoms with Crippen molar-refractivity contribution < 1.29 is 4.48 Å². The molecule has 0 saturated heterocycles. The molecule has 4 aliphatic rings. The Hall–Kier alpha value is -6.79. The first-order valence-corrected chi connectivity index (χ1v) is 21.7. The number of hydrogen-bond acceptors (Lipinski definition) is 2. The number of rotatable bonds is 1. The van der Waals surface area contributed by atoms with E-state index in [1.54, 1.807) is 0 Å². The smallest absolute Gasteiger partial charge is 0.372 e. The van der Waals surface area contributed by atoms with E-state index in [1.807, 2.05) is 0 Å². The molecule has 0 N–H and O–H groups in total. The first-order valence-electron chi connectivity index (χ1n) is 21.7. The minimum atomic E-state index is -0.0000644. The Morgan fingerprint density at radius 1 is 0.600 bits per heavy atom. The first kappa shape index (κ1) is 34.1. The van der Waals surface area contributed by atoms with Crippen LogP contribution < -0.4 is 19.7 Å². The van der Waals surface area contributed by atoms with Crippen molar-refractivity contribution in [1.82, 2.24) is 9.13 Å². The molecule has 0 aliphatic carbocycles. The molecule has 6 heteroatoms. The van der Waals surface area contributed by atoms with Gasteiger partial charge in [-0.2, -0.15) is 0 Å². The van der Waals surface area contributed by atoms with Crippen molar-refractivity contribution in [2.75, 3.05) is 16.8 Å². The molecule has 13 rings (SSSR count). The van der Waals surface area contributed by atoms with Crippen LogP contribution in [0, 0.1) is 13.8 Å². The summed E-state index contributed by atoms with van der Waals surface area (Å²) < 4.78 is 8.04. The van der Waals surface area contributed by atoms with Gasteiger partial charge in [0.2, 0.25) is 0 Å². The molecule has 0 amide bonds. The Morgan fingerprint density at radius 3 is 1.98 bits per heavy atom. The molecule has 0 radical (unpaired) electrons. The average molecular weight is 775 g/mol. The van der Waals surface area contributed by atoms with Gasteiger partial charge in [-0.3, -0.25) is 4.48 Å². The highest BCUT2D eigenvalue weighted by Crippen LogP contribution is 2.56. The average Bonchev–Trinajstić information content (AvgIpc) is 3.88. The number of benzene rings is 7. The summed E-state index contributed by atoms with van der Waals surface area (Å²) in [6.45, 7) is 4.61. The van der Waals surface area contributed by atoms with Gasteiger partial charge in [0.1, 0.15) is 24.6 Å². The summed E-state index contributed by atoms with van der Waals surface area (Å²) in [5.74, 6) is 1.66. The first-order chi connectivity index (χ1) is 29.6. The van der Waals surface area contributed by atoms with Crippen molar-refractivity contribution in [3.05, 3.63) is 186 Å². The van der Waals surface area contributed by atoms with Gasteiger partial charge in [-0.1, -0.05) is 127 Å². The number of aryl methyl sites for hydroxylation is 3. The third-order valence-corrected chi connectivity index (χ3v) is 14.6. The summed E-state index contributed by atoms with van der Waals surface area (Å²) in [5, 5.41) is 7.63. The second-order valence-electron chi connectivity index (χ2n) is 17.5. The van der Waals surface area contributed by atoms with Crippen molar-refractivity contribution in [1.29, 1.82) is 0 Å². The number of anilines is 3. The molecule has 3 atom stereocenters. The van der Waals surface area contributed by atoms with E-state index in [9.17, 15) is 0 Å². The summed E-state index contributed by atoms with van der Waals surface area (Å²) >= 11 is 0. The number of nitrogens with zero attached hydrogens (tertiary/aromatic N) is 5. The zero-order valence-corrected chi connectivity index (χ0v) is 34.3. The largest absolute Gasteiger partial charge is 0.537 e. The standard InChI is InChI=1S/C54H45BN5/c1-34-15-12-16-35(2)52(34)55-56(3)47-27-13-23-43-42-30-29-36-17-4-10-25-45(36)59-48-28-14-24-44-40-21-8-6-19-38(40)37-18-5-7-20-39(37)41-22-9-11-26-46(41)60(53(44)48)50(59)33-49(42)57-31-32-58(55)54(57)51(43)47/h4-28,31-32,42,49-50H,29-30,33H2,1-3H3/q+1. The van der Waals surface area contributed by atoms with Crippen molar-refractivity contribution >= 4 is 72.9 Å². The molecular weight excluding hydrogens is 729 g/mol. The molecule has 3 unspecified atom stereocenters. The van der Waals surface area contributed by atoms with E-state index in [2.05, 4.69) is 208 Å². The minimum absolute atomic E-state index is 0.0000644. The van der Waals surface area contributed by atoms with E-state index in [1.165, 1.54) is 99.5 Å². The predicted molar refractivity (Wildman–Crippen MR) is 250 cm³/mol. The fourth-order valence-electron chi connectivity index (χ4n) is 12.2. The van der Waals surface area contributed by atoms with Gasteiger partial charge >= 0.3 is 6.98 Å². The van der Waals surface area contributed by atoms with Crippen LogP contribution in [0.1, 0.15) is 53.2 Å². The van der Waals surface area contributed by atoms with Crippen LogP contribution in [0.2, 0.25) is 0 Å². The van der Waals surface area contributed by atoms with Crippen LogP contribution in [0.5, 0.6) is 0 Å². The van der Waals surface area contributed by atoms with E-state index < -0.39 is 0 Å². The summed E-state index contributed by atoms with van der Waals surface area (Å²) in [7, 11) is 2.30. The number of fused-ring (bicyclic) bond motifs is 15. The third-order valence-electron chi connectivity index (χ3n) is 14.6. The predicted octanol–water partition coefficient (Wildman–Crippen LogP) is 11.6. The maximum absolute atomic E-state index is 2.75. The van der Waals surface area contributed by atoms with Gasteiger partial charge in [0.25, 0.3) is 5.82 Å². The van der Waals surface area contributed by atoms with Gasteiger partial charge in [0.15, 0.2) is 0 Å². The molecule has 0 spiro atoms.